The fraction of sp³-hybridized carbons (Fsp3) is 0.350. The van der Waals surface area contributed by atoms with Crippen LogP contribution >= 0.6 is 15.9 Å². The van der Waals surface area contributed by atoms with E-state index in [1.54, 1.807) is 19.2 Å². The fourth-order valence-electron chi connectivity index (χ4n) is 4.66. The summed E-state index contributed by atoms with van der Waals surface area (Å²) in [5, 5.41) is 15.2. The molecule has 0 saturated carbocycles. The fourth-order valence-corrected chi connectivity index (χ4v) is 5.04. The van der Waals surface area contributed by atoms with Crippen LogP contribution < -0.4 is 10.1 Å². The van der Waals surface area contributed by atoms with Crippen molar-refractivity contribution in [2.75, 3.05) is 25.5 Å². The van der Waals surface area contributed by atoms with Gasteiger partial charge >= 0.3 is 0 Å². The molecule has 1 saturated heterocycles. The third kappa shape index (κ3) is 2.55. The number of halogens is 1. The van der Waals surface area contributed by atoms with Crippen molar-refractivity contribution in [3.05, 3.63) is 68.2 Å². The van der Waals surface area contributed by atoms with Crippen LogP contribution in [0.3, 0.4) is 0 Å². The lowest BCUT2D eigenvalue weighted by atomic mass is 9.79. The predicted octanol–water partition coefficient (Wildman–Crippen LogP) is 3.37. The van der Waals surface area contributed by atoms with Crippen molar-refractivity contribution >= 4 is 27.5 Å². The van der Waals surface area contributed by atoms with Crippen LogP contribution in [0.5, 0.6) is 5.75 Å². The van der Waals surface area contributed by atoms with E-state index in [1.165, 1.54) is 0 Å². The lowest BCUT2D eigenvalue weighted by Crippen LogP contribution is -2.54. The molecule has 0 radical (unpaired) electrons. The molecule has 0 aromatic heterocycles. The Morgan fingerprint density at radius 2 is 2.11 bits per heavy atom. The zero-order valence-corrected chi connectivity index (χ0v) is 17.1. The van der Waals surface area contributed by atoms with Gasteiger partial charge in [-0.1, -0.05) is 34.1 Å². The molecule has 1 N–H and O–H groups in total. The van der Waals surface area contributed by atoms with Crippen molar-refractivity contribution in [3.63, 3.8) is 0 Å². The Kier molecular flexibility index (Phi) is 4.63. The Bertz CT molecular complexity index is 966. The molecule has 2 aliphatic heterocycles. The van der Waals surface area contributed by atoms with Gasteiger partial charge in [0.2, 0.25) is 0 Å². The number of carbonyl (C=O) groups excluding carboxylic acids is 1. The molecule has 1 amide bonds. The summed E-state index contributed by atoms with van der Waals surface area (Å²) >= 11 is 3.46. The molecule has 3 atom stereocenters. The first kappa shape index (κ1) is 18.9. The zero-order chi connectivity index (χ0) is 20.1. The molecular weight excluding hydrogens is 426 g/mol. The highest BCUT2D eigenvalue weighted by Crippen LogP contribution is 2.53. The summed E-state index contributed by atoms with van der Waals surface area (Å²) in [6, 6.07) is 11.6. The van der Waals surface area contributed by atoms with E-state index >= 15 is 0 Å². The summed E-state index contributed by atoms with van der Waals surface area (Å²) in [6.07, 6.45) is 0. The van der Waals surface area contributed by atoms with Gasteiger partial charge in [0.15, 0.2) is 5.54 Å². The van der Waals surface area contributed by atoms with Crippen LogP contribution in [-0.4, -0.2) is 42.0 Å². The van der Waals surface area contributed by atoms with Gasteiger partial charge in [0.25, 0.3) is 11.9 Å². The first-order chi connectivity index (χ1) is 13.4. The molecule has 1 spiro atoms. The van der Waals surface area contributed by atoms with E-state index in [4.69, 9.17) is 4.74 Å². The van der Waals surface area contributed by atoms with Crippen LogP contribution in [0.1, 0.15) is 24.0 Å². The topological polar surface area (TPSA) is 84.7 Å². The molecule has 28 heavy (non-hydrogen) atoms. The highest BCUT2D eigenvalue weighted by Gasteiger charge is 2.68. The van der Waals surface area contributed by atoms with Crippen molar-refractivity contribution in [1.29, 1.82) is 0 Å². The average molecular weight is 446 g/mol. The standard InChI is InChI=1S/C20H20BrN3O4/c1-3-28-17-9-8-12(21)10-13(17)14-11-23(2)20(18(14)24(26)27)15-6-4-5-7-16(15)22-19(20)25/h4-10,14,18H,3,11H2,1-2H3,(H,22,25)/t14-,18+,20+/m0/s1. The minimum absolute atomic E-state index is 0.313. The lowest BCUT2D eigenvalue weighted by molar-refractivity contribution is -0.534. The monoisotopic (exact) mass is 445 g/mol. The van der Waals surface area contributed by atoms with Gasteiger partial charge in [0.05, 0.1) is 12.5 Å². The number of hydrogen-bond acceptors (Lipinski definition) is 5. The van der Waals surface area contributed by atoms with Gasteiger partial charge in [-0.3, -0.25) is 19.8 Å². The number of fused-ring (bicyclic) bond motifs is 2. The normalized spacial score (nSPS) is 26.3. The van der Waals surface area contributed by atoms with Crippen LogP contribution in [0.4, 0.5) is 5.69 Å². The summed E-state index contributed by atoms with van der Waals surface area (Å²) in [5.74, 6) is -0.246. The molecule has 2 aromatic carbocycles. The molecule has 0 aliphatic carbocycles. The van der Waals surface area contributed by atoms with E-state index in [1.807, 2.05) is 42.2 Å². The third-order valence-corrected chi connectivity index (χ3v) is 6.21. The highest BCUT2D eigenvalue weighted by molar-refractivity contribution is 9.10. The molecule has 7 nitrogen and oxygen atoms in total. The van der Waals surface area contributed by atoms with Crippen molar-refractivity contribution in [3.8, 4) is 5.75 Å². The number of likely N-dealkylation sites (tertiary alicyclic amines) is 1. The van der Waals surface area contributed by atoms with Gasteiger partial charge in [-0.25, -0.2) is 0 Å². The van der Waals surface area contributed by atoms with E-state index in [2.05, 4.69) is 21.2 Å². The Labute approximate surface area is 171 Å². The summed E-state index contributed by atoms with van der Waals surface area (Å²) < 4.78 is 6.57. The second-order valence-electron chi connectivity index (χ2n) is 7.10. The van der Waals surface area contributed by atoms with E-state index in [9.17, 15) is 14.9 Å². The van der Waals surface area contributed by atoms with Crippen molar-refractivity contribution in [2.45, 2.75) is 24.4 Å². The van der Waals surface area contributed by atoms with E-state index in [0.29, 0.717) is 30.2 Å². The quantitative estimate of drug-likeness (QED) is 0.575. The lowest BCUT2D eigenvalue weighted by Gasteiger charge is -2.30. The number of nitro groups is 1. The zero-order valence-electron chi connectivity index (χ0n) is 15.5. The Hall–Kier alpha value is -2.45. The van der Waals surface area contributed by atoms with Crippen LogP contribution in [0.2, 0.25) is 0 Å². The molecule has 8 heteroatoms. The summed E-state index contributed by atoms with van der Waals surface area (Å²) in [4.78, 5) is 27.0. The maximum Gasteiger partial charge on any atom is 0.256 e. The maximum atomic E-state index is 13.1. The van der Waals surface area contributed by atoms with Gasteiger partial charge in [-0.2, -0.15) is 0 Å². The number of carbonyl (C=O) groups is 1. The number of nitrogens with one attached hydrogen (secondary N) is 1. The second-order valence-corrected chi connectivity index (χ2v) is 8.01. The van der Waals surface area contributed by atoms with E-state index in [0.717, 1.165) is 10.0 Å². The Morgan fingerprint density at radius 3 is 2.82 bits per heavy atom. The molecule has 2 heterocycles. The molecule has 2 aliphatic rings. The largest absolute Gasteiger partial charge is 0.494 e. The average Bonchev–Trinajstić information content (AvgIpc) is 3.13. The van der Waals surface area contributed by atoms with Gasteiger partial charge < -0.3 is 10.1 Å². The first-order valence-electron chi connectivity index (χ1n) is 9.09. The number of benzene rings is 2. The molecular formula is C20H20BrN3O4. The number of likely N-dealkylation sites (N-methyl/N-ethyl adjacent to an activating group) is 1. The summed E-state index contributed by atoms with van der Waals surface area (Å²) in [5.41, 5.74) is 0.668. The SMILES string of the molecule is CCOc1ccc(Br)cc1[C@@H]1CN(C)[C@@]2(C(=O)Nc3ccccc32)[C@@H]1[N+](=O)[O-]. The third-order valence-electron chi connectivity index (χ3n) is 5.71. The highest BCUT2D eigenvalue weighted by atomic mass is 79.9. The minimum atomic E-state index is -1.35. The Morgan fingerprint density at radius 1 is 1.36 bits per heavy atom. The summed E-state index contributed by atoms with van der Waals surface area (Å²) in [7, 11) is 1.77. The number of ether oxygens (including phenoxy) is 1. The number of para-hydroxylation sites is 1. The molecule has 1 fully saturated rings. The number of hydrogen-bond donors (Lipinski definition) is 1. The molecule has 4 rings (SSSR count). The molecule has 146 valence electrons. The van der Waals surface area contributed by atoms with Gasteiger partial charge in [-0.15, -0.1) is 0 Å². The van der Waals surface area contributed by atoms with Crippen molar-refractivity contribution < 1.29 is 14.5 Å². The van der Waals surface area contributed by atoms with Gasteiger partial charge in [0, 0.05) is 32.8 Å². The second kappa shape index (κ2) is 6.86. The maximum absolute atomic E-state index is 13.1. The van der Waals surface area contributed by atoms with Gasteiger partial charge in [0.1, 0.15) is 5.75 Å². The predicted molar refractivity (Wildman–Crippen MR) is 108 cm³/mol. The minimum Gasteiger partial charge on any atom is -0.494 e. The van der Waals surface area contributed by atoms with Crippen LogP contribution in [0.15, 0.2) is 46.9 Å². The summed E-state index contributed by atoms with van der Waals surface area (Å²) in [6.45, 7) is 2.69. The van der Waals surface area contributed by atoms with Crippen LogP contribution in [0, 0.1) is 10.1 Å². The Balaban J connectivity index is 1.91. The van der Waals surface area contributed by atoms with Crippen LogP contribution in [-0.2, 0) is 10.3 Å². The molecule has 0 bridgehead atoms. The number of rotatable bonds is 4. The molecule has 0 unspecified atom stereocenters. The van der Waals surface area contributed by atoms with Crippen molar-refractivity contribution in [1.82, 2.24) is 4.90 Å². The van der Waals surface area contributed by atoms with Crippen molar-refractivity contribution in [2.24, 2.45) is 0 Å². The van der Waals surface area contributed by atoms with E-state index < -0.39 is 17.5 Å². The first-order valence-corrected chi connectivity index (χ1v) is 9.88. The number of amides is 1. The van der Waals surface area contributed by atoms with Crippen LogP contribution in [0.25, 0.3) is 0 Å². The molecule has 2 aromatic rings. The van der Waals surface area contributed by atoms with Gasteiger partial charge in [-0.05, 0) is 38.2 Å². The number of nitrogens with zero attached hydrogens (tertiary/aromatic N) is 2. The number of anilines is 1. The van der Waals surface area contributed by atoms with E-state index in [-0.39, 0.29) is 10.8 Å². The smallest absolute Gasteiger partial charge is 0.256 e.